The van der Waals surface area contributed by atoms with Gasteiger partial charge in [0.1, 0.15) is 0 Å². The van der Waals surface area contributed by atoms with Crippen molar-refractivity contribution in [1.29, 1.82) is 0 Å². The van der Waals surface area contributed by atoms with Crippen LogP contribution in [0.5, 0.6) is 0 Å². The molecule has 14 heavy (non-hydrogen) atoms. The fourth-order valence-electron chi connectivity index (χ4n) is 1.48. The van der Waals surface area contributed by atoms with Gasteiger partial charge in [0.2, 0.25) is 0 Å². The fraction of sp³-hybridized carbons (Fsp3) is 1.00. The molecule has 0 saturated carbocycles. The summed E-state index contributed by atoms with van der Waals surface area (Å²) in [5.41, 5.74) is -0.407. The van der Waals surface area contributed by atoms with Crippen molar-refractivity contribution < 1.29 is 14.0 Å². The highest BCUT2D eigenvalue weighted by Crippen LogP contribution is 2.37. The van der Waals surface area contributed by atoms with Gasteiger partial charge in [-0.1, -0.05) is 0 Å². The lowest BCUT2D eigenvalue weighted by Crippen LogP contribution is -2.41. The third kappa shape index (κ3) is 2.50. The molecule has 0 aromatic carbocycles. The van der Waals surface area contributed by atoms with E-state index in [1.165, 1.54) is 0 Å². The van der Waals surface area contributed by atoms with E-state index in [1.807, 2.05) is 0 Å². The van der Waals surface area contributed by atoms with Crippen LogP contribution >= 0.6 is 0 Å². The van der Waals surface area contributed by atoms with Crippen LogP contribution in [-0.2, 0) is 14.0 Å². The molecule has 1 heterocycles. The summed E-state index contributed by atoms with van der Waals surface area (Å²) in [5, 5.41) is 0. The molecule has 0 aliphatic carbocycles. The summed E-state index contributed by atoms with van der Waals surface area (Å²) in [7, 11) is 1.64. The zero-order valence-electron chi connectivity index (χ0n) is 9.92. The van der Waals surface area contributed by atoms with Crippen molar-refractivity contribution in [3.63, 3.8) is 0 Å². The zero-order valence-corrected chi connectivity index (χ0v) is 9.92. The average Bonchev–Trinajstić information content (AvgIpc) is 2.21. The minimum Gasteiger partial charge on any atom is -0.403 e. The Morgan fingerprint density at radius 2 is 1.57 bits per heavy atom. The molecule has 0 N–H and O–H groups in total. The summed E-state index contributed by atoms with van der Waals surface area (Å²) in [6.45, 7) is 9.06. The normalized spacial score (nSPS) is 24.2. The first-order valence-electron chi connectivity index (χ1n) is 5.23. The van der Waals surface area contributed by atoms with Crippen molar-refractivity contribution in [2.24, 2.45) is 0 Å². The van der Waals surface area contributed by atoms with Gasteiger partial charge in [0.05, 0.1) is 11.2 Å². The SMILES string of the molecule is COCCCB1OC(C)(C)C(C)(C)O1. The molecule has 0 atom stereocenters. The van der Waals surface area contributed by atoms with Crippen LogP contribution in [0, 0.1) is 0 Å². The molecule has 0 amide bonds. The first kappa shape index (κ1) is 12.0. The molecule has 1 saturated heterocycles. The fourth-order valence-corrected chi connectivity index (χ4v) is 1.48. The summed E-state index contributed by atoms with van der Waals surface area (Å²) < 4.78 is 16.7. The minimum absolute atomic E-state index is 0.0739. The van der Waals surface area contributed by atoms with Gasteiger partial charge in [0, 0.05) is 13.7 Å². The van der Waals surface area contributed by atoms with Gasteiger partial charge >= 0.3 is 7.12 Å². The number of rotatable bonds is 4. The van der Waals surface area contributed by atoms with Crippen LogP contribution in [-0.4, -0.2) is 32.0 Å². The quantitative estimate of drug-likeness (QED) is 0.513. The van der Waals surface area contributed by atoms with Gasteiger partial charge in [0.15, 0.2) is 0 Å². The first-order valence-corrected chi connectivity index (χ1v) is 5.23. The lowest BCUT2D eigenvalue weighted by atomic mass is 9.83. The monoisotopic (exact) mass is 200 g/mol. The van der Waals surface area contributed by atoms with Crippen LogP contribution < -0.4 is 0 Å². The van der Waals surface area contributed by atoms with Gasteiger partial charge in [-0.2, -0.15) is 0 Å². The molecule has 0 bridgehead atoms. The van der Waals surface area contributed by atoms with Gasteiger partial charge in [-0.3, -0.25) is 0 Å². The van der Waals surface area contributed by atoms with Crippen LogP contribution in [0.4, 0.5) is 0 Å². The second-order valence-corrected chi connectivity index (χ2v) is 4.82. The van der Waals surface area contributed by atoms with Gasteiger partial charge in [-0.25, -0.2) is 0 Å². The Morgan fingerprint density at radius 3 is 2.00 bits per heavy atom. The lowest BCUT2D eigenvalue weighted by molar-refractivity contribution is 0.00578. The highest BCUT2D eigenvalue weighted by molar-refractivity contribution is 6.45. The largest absolute Gasteiger partial charge is 0.457 e. The van der Waals surface area contributed by atoms with E-state index in [2.05, 4.69) is 27.7 Å². The Bertz CT molecular complexity index is 176. The molecule has 0 aromatic rings. The van der Waals surface area contributed by atoms with Crippen molar-refractivity contribution >= 4 is 7.12 Å². The molecule has 0 spiro atoms. The maximum atomic E-state index is 5.83. The van der Waals surface area contributed by atoms with E-state index in [0.29, 0.717) is 0 Å². The molecule has 0 radical (unpaired) electrons. The summed E-state index contributed by atoms with van der Waals surface area (Å²) in [5.74, 6) is 0. The zero-order chi connectivity index (χ0) is 10.8. The third-order valence-electron chi connectivity index (χ3n) is 3.09. The second-order valence-electron chi connectivity index (χ2n) is 4.82. The van der Waals surface area contributed by atoms with Crippen molar-refractivity contribution in [2.75, 3.05) is 13.7 Å². The van der Waals surface area contributed by atoms with Gasteiger partial charge in [-0.15, -0.1) is 0 Å². The van der Waals surface area contributed by atoms with Gasteiger partial charge in [0.25, 0.3) is 0 Å². The van der Waals surface area contributed by atoms with Crippen molar-refractivity contribution in [1.82, 2.24) is 0 Å². The van der Waals surface area contributed by atoms with E-state index >= 15 is 0 Å². The van der Waals surface area contributed by atoms with Crippen LogP contribution in [0.25, 0.3) is 0 Å². The van der Waals surface area contributed by atoms with Crippen LogP contribution in [0.1, 0.15) is 34.1 Å². The first-order chi connectivity index (χ1) is 6.39. The molecule has 1 rings (SSSR count). The Balaban J connectivity index is 2.39. The van der Waals surface area contributed by atoms with Gasteiger partial charge in [-0.05, 0) is 40.4 Å². The van der Waals surface area contributed by atoms with E-state index in [1.54, 1.807) is 7.11 Å². The summed E-state index contributed by atoms with van der Waals surface area (Å²) in [6, 6.07) is 0. The molecule has 1 aliphatic heterocycles. The number of hydrogen-bond donors (Lipinski definition) is 0. The molecular formula is C10H21BO3. The van der Waals surface area contributed by atoms with E-state index < -0.39 is 0 Å². The Morgan fingerprint density at radius 1 is 1.07 bits per heavy atom. The summed E-state index contributed by atoms with van der Waals surface area (Å²) in [6.07, 6.45) is 1.88. The molecule has 0 unspecified atom stereocenters. The Labute approximate surface area is 87.3 Å². The molecular weight excluding hydrogens is 179 g/mol. The number of hydrogen-bond acceptors (Lipinski definition) is 3. The Kier molecular flexibility index (Phi) is 3.61. The molecule has 0 aromatic heterocycles. The molecule has 1 fully saturated rings. The highest BCUT2D eigenvalue weighted by Gasteiger charge is 2.50. The van der Waals surface area contributed by atoms with E-state index in [4.69, 9.17) is 14.0 Å². The van der Waals surface area contributed by atoms with Crippen LogP contribution in [0.2, 0.25) is 6.32 Å². The van der Waals surface area contributed by atoms with Crippen molar-refractivity contribution in [3.8, 4) is 0 Å². The van der Waals surface area contributed by atoms with Gasteiger partial charge < -0.3 is 14.0 Å². The maximum Gasteiger partial charge on any atom is 0.457 e. The maximum absolute atomic E-state index is 5.83. The number of methoxy groups -OCH3 is 1. The summed E-state index contributed by atoms with van der Waals surface area (Å²) >= 11 is 0. The van der Waals surface area contributed by atoms with Crippen molar-refractivity contribution in [3.05, 3.63) is 0 Å². The third-order valence-corrected chi connectivity index (χ3v) is 3.09. The topological polar surface area (TPSA) is 27.7 Å². The highest BCUT2D eigenvalue weighted by atomic mass is 16.7. The van der Waals surface area contributed by atoms with E-state index in [9.17, 15) is 0 Å². The van der Waals surface area contributed by atoms with E-state index in [0.717, 1.165) is 19.3 Å². The smallest absolute Gasteiger partial charge is 0.403 e. The van der Waals surface area contributed by atoms with Crippen LogP contribution in [0.3, 0.4) is 0 Å². The number of ether oxygens (including phenoxy) is 1. The molecule has 3 nitrogen and oxygen atoms in total. The van der Waals surface area contributed by atoms with Crippen LogP contribution in [0.15, 0.2) is 0 Å². The molecule has 82 valence electrons. The summed E-state index contributed by atoms with van der Waals surface area (Å²) in [4.78, 5) is 0. The lowest BCUT2D eigenvalue weighted by Gasteiger charge is -2.32. The minimum atomic E-state index is -0.204. The average molecular weight is 200 g/mol. The Hall–Kier alpha value is -0.0551. The predicted octanol–water partition coefficient (Wildman–Crippen LogP) is 2.12. The molecule has 4 heteroatoms. The molecule has 1 aliphatic rings. The van der Waals surface area contributed by atoms with E-state index in [-0.39, 0.29) is 18.3 Å². The van der Waals surface area contributed by atoms with Crippen molar-refractivity contribution in [2.45, 2.75) is 51.6 Å². The predicted molar refractivity (Wildman–Crippen MR) is 57.4 cm³/mol. The second kappa shape index (κ2) is 4.21. The standard InChI is InChI=1S/C10H21BO3/c1-9(2)10(3,4)14-11(13-9)7-6-8-12-5/h6-8H2,1-5H3.